The Bertz CT molecular complexity index is 605. The summed E-state index contributed by atoms with van der Waals surface area (Å²) in [4.78, 5) is 41.7. The quantitative estimate of drug-likeness (QED) is 0.606. The first-order valence-corrected chi connectivity index (χ1v) is 9.26. The molecule has 0 unspecified atom stereocenters. The number of carboxylic acid groups (broad SMARTS) is 1. The maximum absolute atomic E-state index is 13.0. The molecule has 1 aliphatic heterocycles. The lowest BCUT2D eigenvalue weighted by Crippen LogP contribution is -2.54. The van der Waals surface area contributed by atoms with Crippen LogP contribution in [0.5, 0.6) is 0 Å². The van der Waals surface area contributed by atoms with Gasteiger partial charge in [-0.25, -0.2) is 4.98 Å². The molecule has 0 radical (unpaired) electrons. The van der Waals surface area contributed by atoms with E-state index in [4.69, 9.17) is 5.11 Å². The fraction of sp³-hybridized carbons (Fsp3) is 0.625. The minimum atomic E-state index is -1.10. The monoisotopic (exact) mass is 368 g/mol. The van der Waals surface area contributed by atoms with Crippen LogP contribution in [0.1, 0.15) is 32.4 Å². The second-order valence-corrected chi connectivity index (χ2v) is 7.08. The zero-order valence-corrected chi connectivity index (χ0v) is 15.2. The number of aromatic nitrogens is 1. The Morgan fingerprint density at radius 2 is 2.20 bits per heavy atom. The Morgan fingerprint density at radius 1 is 1.44 bits per heavy atom. The van der Waals surface area contributed by atoms with Crippen LogP contribution < -0.4 is 10.6 Å². The highest BCUT2D eigenvalue weighted by Crippen LogP contribution is 2.20. The van der Waals surface area contributed by atoms with Crippen molar-refractivity contribution in [1.82, 2.24) is 20.5 Å². The fourth-order valence-corrected chi connectivity index (χ4v) is 3.52. The molecule has 0 bridgehead atoms. The molecule has 0 aromatic carbocycles. The number of hydrogen-bond donors (Lipinski definition) is 3. The third-order valence-electron chi connectivity index (χ3n) is 3.98. The Morgan fingerprint density at radius 3 is 2.80 bits per heavy atom. The number of thiazole rings is 1. The summed E-state index contributed by atoms with van der Waals surface area (Å²) < 4.78 is 0. The van der Waals surface area contributed by atoms with Crippen molar-refractivity contribution in [3.63, 3.8) is 0 Å². The lowest BCUT2D eigenvalue weighted by Gasteiger charge is -2.29. The highest BCUT2D eigenvalue weighted by molar-refractivity contribution is 7.07. The number of likely N-dealkylation sites (tertiary alicyclic amines) is 1. The third kappa shape index (κ3) is 5.50. The summed E-state index contributed by atoms with van der Waals surface area (Å²) in [5, 5.41) is 16.2. The molecular weight excluding hydrogens is 344 g/mol. The molecule has 2 atom stereocenters. The maximum atomic E-state index is 13.0. The van der Waals surface area contributed by atoms with Crippen LogP contribution in [-0.2, 0) is 20.8 Å². The summed E-state index contributed by atoms with van der Waals surface area (Å²) in [5.74, 6) is -1.66. The molecule has 1 aromatic heterocycles. The molecule has 2 heterocycles. The van der Waals surface area contributed by atoms with E-state index in [-0.39, 0.29) is 11.9 Å². The molecule has 9 heteroatoms. The molecule has 1 aliphatic rings. The van der Waals surface area contributed by atoms with Gasteiger partial charge in [-0.2, -0.15) is 0 Å². The first-order valence-electron chi connectivity index (χ1n) is 8.31. The second-order valence-electron chi connectivity index (χ2n) is 6.36. The van der Waals surface area contributed by atoms with Crippen LogP contribution in [0.3, 0.4) is 0 Å². The van der Waals surface area contributed by atoms with E-state index in [0.29, 0.717) is 19.4 Å². The molecular formula is C16H24N4O4S. The fourth-order valence-electron chi connectivity index (χ4n) is 2.95. The number of aliphatic carboxylic acids is 1. The van der Waals surface area contributed by atoms with Crippen molar-refractivity contribution < 1.29 is 19.5 Å². The van der Waals surface area contributed by atoms with Gasteiger partial charge in [0.25, 0.3) is 0 Å². The minimum Gasteiger partial charge on any atom is -0.480 e. The van der Waals surface area contributed by atoms with Gasteiger partial charge in [0.1, 0.15) is 12.6 Å². The molecule has 0 aliphatic carbocycles. The number of carbonyl (C=O) groups is 3. The molecule has 0 saturated carbocycles. The topological polar surface area (TPSA) is 112 Å². The lowest BCUT2D eigenvalue weighted by molar-refractivity contribution is -0.141. The largest absolute Gasteiger partial charge is 0.480 e. The second kappa shape index (κ2) is 8.91. The lowest BCUT2D eigenvalue weighted by atomic mass is 10.1. The third-order valence-corrected chi connectivity index (χ3v) is 4.62. The van der Waals surface area contributed by atoms with Crippen molar-refractivity contribution in [3.05, 3.63) is 16.6 Å². The SMILES string of the molecule is CC(C)N[C@@H](Cc1cscn1)C(=O)N1CCC[C@H]1C(=O)NCC(=O)O. The van der Waals surface area contributed by atoms with Gasteiger partial charge in [0.2, 0.25) is 11.8 Å². The molecule has 25 heavy (non-hydrogen) atoms. The van der Waals surface area contributed by atoms with Gasteiger partial charge in [-0.15, -0.1) is 11.3 Å². The van der Waals surface area contributed by atoms with Gasteiger partial charge in [-0.05, 0) is 12.8 Å². The predicted octanol–water partition coefficient (Wildman–Crippen LogP) is 0.244. The van der Waals surface area contributed by atoms with Crippen molar-refractivity contribution >= 4 is 29.1 Å². The molecule has 0 spiro atoms. The van der Waals surface area contributed by atoms with E-state index in [1.807, 2.05) is 19.2 Å². The first kappa shape index (κ1) is 19.3. The average Bonchev–Trinajstić information content (AvgIpc) is 3.22. The number of rotatable bonds is 8. The van der Waals surface area contributed by atoms with Crippen molar-refractivity contribution in [1.29, 1.82) is 0 Å². The summed E-state index contributed by atoms with van der Waals surface area (Å²) in [6, 6.07) is -0.969. The van der Waals surface area contributed by atoms with E-state index in [1.165, 1.54) is 11.3 Å². The Hall–Kier alpha value is -2.00. The number of carboxylic acids is 1. The van der Waals surface area contributed by atoms with Crippen LogP contribution >= 0.6 is 11.3 Å². The first-order chi connectivity index (χ1) is 11.9. The number of nitrogens with zero attached hydrogens (tertiary/aromatic N) is 2. The van der Waals surface area contributed by atoms with Gasteiger partial charge in [0.05, 0.1) is 17.2 Å². The van der Waals surface area contributed by atoms with Crippen LogP contribution in [0.15, 0.2) is 10.9 Å². The summed E-state index contributed by atoms with van der Waals surface area (Å²) in [6.45, 7) is 3.98. The van der Waals surface area contributed by atoms with Crippen LogP contribution in [-0.4, -0.2) is 64.0 Å². The number of carbonyl (C=O) groups excluding carboxylic acids is 2. The number of amides is 2. The van der Waals surface area contributed by atoms with Gasteiger partial charge >= 0.3 is 5.97 Å². The zero-order valence-electron chi connectivity index (χ0n) is 14.4. The summed E-state index contributed by atoms with van der Waals surface area (Å²) in [5.41, 5.74) is 2.56. The van der Waals surface area contributed by atoms with E-state index in [1.54, 1.807) is 10.4 Å². The van der Waals surface area contributed by atoms with Gasteiger partial charge in [-0.1, -0.05) is 13.8 Å². The van der Waals surface area contributed by atoms with Gasteiger partial charge < -0.3 is 20.6 Å². The number of hydrogen-bond acceptors (Lipinski definition) is 6. The van der Waals surface area contributed by atoms with E-state index in [9.17, 15) is 14.4 Å². The standard InChI is InChI=1S/C16H24N4O4S/c1-10(2)19-12(6-11-8-25-9-18-11)16(24)20-5-3-4-13(20)15(23)17-7-14(21)22/h8-10,12-13,19H,3-7H2,1-2H3,(H,17,23)(H,21,22)/t12-,13-/m0/s1. The average molecular weight is 368 g/mol. The zero-order chi connectivity index (χ0) is 18.4. The highest BCUT2D eigenvalue weighted by atomic mass is 32.1. The molecule has 8 nitrogen and oxygen atoms in total. The normalized spacial score (nSPS) is 18.4. The predicted molar refractivity (Wildman–Crippen MR) is 93.3 cm³/mol. The van der Waals surface area contributed by atoms with Crippen molar-refractivity contribution in [3.8, 4) is 0 Å². The van der Waals surface area contributed by atoms with E-state index in [0.717, 1.165) is 12.1 Å². The highest BCUT2D eigenvalue weighted by Gasteiger charge is 2.37. The summed E-state index contributed by atoms with van der Waals surface area (Å²) in [7, 11) is 0. The summed E-state index contributed by atoms with van der Waals surface area (Å²) in [6.07, 6.45) is 1.73. The van der Waals surface area contributed by atoms with E-state index < -0.39 is 30.5 Å². The van der Waals surface area contributed by atoms with Gasteiger partial charge in [-0.3, -0.25) is 14.4 Å². The minimum absolute atomic E-state index is 0.106. The Kier molecular flexibility index (Phi) is 6.89. The van der Waals surface area contributed by atoms with E-state index >= 15 is 0 Å². The molecule has 1 saturated heterocycles. The smallest absolute Gasteiger partial charge is 0.322 e. The molecule has 1 aromatic rings. The van der Waals surface area contributed by atoms with Crippen LogP contribution in [0.2, 0.25) is 0 Å². The maximum Gasteiger partial charge on any atom is 0.322 e. The molecule has 3 N–H and O–H groups in total. The molecule has 138 valence electrons. The van der Waals surface area contributed by atoms with Gasteiger partial charge in [0.15, 0.2) is 0 Å². The summed E-state index contributed by atoms with van der Waals surface area (Å²) >= 11 is 1.48. The molecule has 1 fully saturated rings. The van der Waals surface area contributed by atoms with Crippen molar-refractivity contribution in [2.45, 2.75) is 51.2 Å². The Balaban J connectivity index is 2.07. The van der Waals surface area contributed by atoms with Crippen molar-refractivity contribution in [2.75, 3.05) is 13.1 Å². The van der Waals surface area contributed by atoms with Crippen LogP contribution in [0.25, 0.3) is 0 Å². The van der Waals surface area contributed by atoms with Crippen molar-refractivity contribution in [2.24, 2.45) is 0 Å². The molecule has 2 amide bonds. The van der Waals surface area contributed by atoms with Crippen LogP contribution in [0.4, 0.5) is 0 Å². The Labute approximate surface area is 150 Å². The van der Waals surface area contributed by atoms with Crippen LogP contribution in [0, 0.1) is 0 Å². The number of nitrogens with one attached hydrogen (secondary N) is 2. The van der Waals surface area contributed by atoms with Gasteiger partial charge in [0, 0.05) is 24.4 Å². The molecule has 2 rings (SSSR count). The van der Waals surface area contributed by atoms with E-state index in [2.05, 4.69) is 15.6 Å².